The van der Waals surface area contributed by atoms with E-state index < -0.39 is 11.5 Å². The summed E-state index contributed by atoms with van der Waals surface area (Å²) in [4.78, 5) is 11.4. The van der Waals surface area contributed by atoms with Crippen LogP contribution in [0.3, 0.4) is 0 Å². The quantitative estimate of drug-likeness (QED) is 0.178. The molecule has 4 aromatic rings. The Bertz CT molecular complexity index is 1630. The molecule has 0 spiro atoms. The van der Waals surface area contributed by atoms with Crippen molar-refractivity contribution in [2.45, 2.75) is 20.1 Å². The third-order valence-electron chi connectivity index (χ3n) is 6.08. The zero-order chi connectivity index (χ0) is 27.8. The van der Waals surface area contributed by atoms with Gasteiger partial charge in [-0.15, -0.1) is 0 Å². The maximum absolute atomic E-state index is 11.4. The highest BCUT2D eigenvalue weighted by atomic mass is 35.5. The number of ether oxygens (including phenoxy) is 2. The molecule has 0 amide bonds. The lowest BCUT2D eigenvalue weighted by molar-refractivity contribution is -0.132. The molecule has 7 heteroatoms. The summed E-state index contributed by atoms with van der Waals surface area (Å²) in [5, 5.41) is 28.0. The Morgan fingerprint density at radius 3 is 2.38 bits per heavy atom. The second kappa shape index (κ2) is 12.5. The first-order valence-electron chi connectivity index (χ1n) is 12.0. The normalized spacial score (nSPS) is 10.8. The van der Waals surface area contributed by atoms with Crippen molar-refractivity contribution in [3.63, 3.8) is 0 Å². The average molecular weight is 535 g/mol. The molecule has 4 aromatic carbocycles. The summed E-state index contributed by atoms with van der Waals surface area (Å²) in [5.74, 6) is -0.746. The van der Waals surface area contributed by atoms with E-state index in [0.717, 1.165) is 27.8 Å². The molecule has 0 radical (unpaired) electrons. The highest BCUT2D eigenvalue weighted by Crippen LogP contribution is 2.36. The van der Waals surface area contributed by atoms with Crippen molar-refractivity contribution in [3.05, 3.63) is 123 Å². The number of nitrogens with zero attached hydrogens (tertiary/aromatic N) is 2. The zero-order valence-corrected chi connectivity index (χ0v) is 21.8. The molecule has 4 rings (SSSR count). The van der Waals surface area contributed by atoms with Crippen LogP contribution in [0.5, 0.6) is 11.5 Å². The Labute approximate surface area is 231 Å². The highest BCUT2D eigenvalue weighted by Gasteiger charge is 2.15. The fourth-order valence-electron chi connectivity index (χ4n) is 4.01. The van der Waals surface area contributed by atoms with Gasteiger partial charge in [0.2, 0.25) is 0 Å². The van der Waals surface area contributed by atoms with Crippen molar-refractivity contribution in [2.75, 3.05) is 0 Å². The van der Waals surface area contributed by atoms with Gasteiger partial charge in [0, 0.05) is 11.6 Å². The lowest BCUT2D eigenvalue weighted by Gasteiger charge is -2.16. The van der Waals surface area contributed by atoms with Gasteiger partial charge < -0.3 is 14.6 Å². The van der Waals surface area contributed by atoms with Crippen molar-refractivity contribution in [1.82, 2.24) is 0 Å². The summed E-state index contributed by atoms with van der Waals surface area (Å²) < 4.78 is 12.1. The van der Waals surface area contributed by atoms with E-state index in [0.29, 0.717) is 16.9 Å². The van der Waals surface area contributed by atoms with Crippen LogP contribution in [0, 0.1) is 29.6 Å². The summed E-state index contributed by atoms with van der Waals surface area (Å²) in [5.41, 5.74) is 5.33. The Hall–Kier alpha value is -5.04. The van der Waals surface area contributed by atoms with Crippen LogP contribution in [0.15, 0.2) is 90.5 Å². The van der Waals surface area contributed by atoms with Gasteiger partial charge in [0.15, 0.2) is 0 Å². The van der Waals surface area contributed by atoms with E-state index >= 15 is 0 Å². The first-order valence-corrected chi connectivity index (χ1v) is 12.3. The largest absolute Gasteiger partial charge is 0.488 e. The molecule has 192 valence electrons. The number of aliphatic carboxylic acids is 1. The first kappa shape index (κ1) is 27.0. The average Bonchev–Trinajstić information content (AvgIpc) is 2.95. The number of nitriles is 2. The molecule has 0 saturated carbocycles. The van der Waals surface area contributed by atoms with E-state index in [4.69, 9.17) is 21.1 Å². The third kappa shape index (κ3) is 6.64. The second-order valence-electron chi connectivity index (χ2n) is 8.64. The standard InChI is InChI=1S/C32H23ClN2O4/c1-21-25(11-6-12-28(21)24-9-3-2-4-10-24)20-39-31-16-30(38-19-23-8-5-7-22(13-23)17-34)26(15-29(31)33)14-27(18-35)32(36)37/h2-16H,19-20H2,1H3,(H,36,37)/b27-14+. The van der Waals surface area contributed by atoms with Crippen LogP contribution < -0.4 is 9.47 Å². The number of hydrogen-bond acceptors (Lipinski definition) is 5. The van der Waals surface area contributed by atoms with Crippen LogP contribution in [-0.4, -0.2) is 11.1 Å². The number of carboxylic acid groups (broad SMARTS) is 1. The van der Waals surface area contributed by atoms with E-state index in [1.807, 2.05) is 43.3 Å². The van der Waals surface area contributed by atoms with Crippen LogP contribution in [0.1, 0.15) is 27.8 Å². The molecule has 0 atom stereocenters. The predicted molar refractivity (Wildman–Crippen MR) is 149 cm³/mol. The minimum Gasteiger partial charge on any atom is -0.488 e. The fourth-order valence-corrected chi connectivity index (χ4v) is 4.24. The third-order valence-corrected chi connectivity index (χ3v) is 6.37. The summed E-state index contributed by atoms with van der Waals surface area (Å²) in [6.07, 6.45) is 1.20. The summed E-state index contributed by atoms with van der Waals surface area (Å²) in [6.45, 7) is 2.38. The highest BCUT2D eigenvalue weighted by molar-refractivity contribution is 6.32. The van der Waals surface area contributed by atoms with Gasteiger partial charge in [-0.25, -0.2) is 4.79 Å². The Morgan fingerprint density at radius 2 is 1.67 bits per heavy atom. The molecule has 6 nitrogen and oxygen atoms in total. The second-order valence-corrected chi connectivity index (χ2v) is 9.05. The van der Waals surface area contributed by atoms with E-state index in [9.17, 15) is 20.4 Å². The van der Waals surface area contributed by atoms with E-state index in [2.05, 4.69) is 24.3 Å². The van der Waals surface area contributed by atoms with E-state index in [1.165, 1.54) is 12.1 Å². The van der Waals surface area contributed by atoms with Crippen molar-refractivity contribution < 1.29 is 19.4 Å². The monoisotopic (exact) mass is 534 g/mol. The topological polar surface area (TPSA) is 103 Å². The molecule has 0 aromatic heterocycles. The number of carbonyl (C=O) groups is 1. The lowest BCUT2D eigenvalue weighted by atomic mass is 9.97. The van der Waals surface area contributed by atoms with Gasteiger partial charge in [-0.05, 0) is 59.0 Å². The smallest absolute Gasteiger partial charge is 0.346 e. The number of halogens is 1. The van der Waals surface area contributed by atoms with Crippen LogP contribution >= 0.6 is 11.6 Å². The zero-order valence-electron chi connectivity index (χ0n) is 21.0. The number of carboxylic acids is 1. The van der Waals surface area contributed by atoms with Gasteiger partial charge in [0.05, 0.1) is 16.7 Å². The van der Waals surface area contributed by atoms with Gasteiger partial charge in [0.25, 0.3) is 0 Å². The lowest BCUT2D eigenvalue weighted by Crippen LogP contribution is -2.03. The maximum atomic E-state index is 11.4. The van der Waals surface area contributed by atoms with Crippen LogP contribution in [0.4, 0.5) is 0 Å². The van der Waals surface area contributed by atoms with Crippen LogP contribution in [0.25, 0.3) is 17.2 Å². The number of benzene rings is 4. The van der Waals surface area contributed by atoms with E-state index in [-0.39, 0.29) is 24.0 Å². The number of rotatable bonds is 9. The Kier molecular flexibility index (Phi) is 8.64. The molecule has 0 bridgehead atoms. The van der Waals surface area contributed by atoms with Crippen molar-refractivity contribution in [2.24, 2.45) is 0 Å². The molecule has 0 aliphatic carbocycles. The molecular weight excluding hydrogens is 512 g/mol. The van der Waals surface area contributed by atoms with E-state index in [1.54, 1.807) is 30.3 Å². The minimum absolute atomic E-state index is 0.102. The first-order chi connectivity index (χ1) is 18.9. The molecule has 0 saturated heterocycles. The Balaban J connectivity index is 1.64. The maximum Gasteiger partial charge on any atom is 0.346 e. The molecular formula is C32H23ClN2O4. The van der Waals surface area contributed by atoms with Crippen molar-refractivity contribution in [1.29, 1.82) is 10.5 Å². The molecule has 39 heavy (non-hydrogen) atoms. The van der Waals surface area contributed by atoms with Gasteiger partial charge in [-0.3, -0.25) is 0 Å². The molecule has 0 heterocycles. The summed E-state index contributed by atoms with van der Waals surface area (Å²) >= 11 is 6.52. The SMILES string of the molecule is Cc1c(COc2cc(OCc3cccc(C#N)c3)c(/C=C(\C#N)C(=O)O)cc2Cl)cccc1-c1ccccc1. The Morgan fingerprint density at radius 1 is 0.923 bits per heavy atom. The van der Waals surface area contributed by atoms with Gasteiger partial charge in [-0.1, -0.05) is 72.3 Å². The van der Waals surface area contributed by atoms with Gasteiger partial charge in [-0.2, -0.15) is 10.5 Å². The predicted octanol–water partition coefficient (Wildman–Crippen LogP) is 7.34. The van der Waals surface area contributed by atoms with Gasteiger partial charge >= 0.3 is 5.97 Å². The molecule has 0 unspecified atom stereocenters. The minimum atomic E-state index is -1.37. The van der Waals surface area contributed by atoms with Crippen molar-refractivity contribution >= 4 is 23.6 Å². The van der Waals surface area contributed by atoms with Gasteiger partial charge in [0.1, 0.15) is 36.4 Å². The summed E-state index contributed by atoms with van der Waals surface area (Å²) in [6, 6.07) is 29.9. The van der Waals surface area contributed by atoms with Crippen molar-refractivity contribution in [3.8, 4) is 34.8 Å². The molecule has 0 aliphatic heterocycles. The number of hydrogen-bond donors (Lipinski definition) is 1. The summed E-state index contributed by atoms with van der Waals surface area (Å²) in [7, 11) is 0. The molecule has 0 fully saturated rings. The molecule has 0 aliphatic rings. The fraction of sp³-hybridized carbons (Fsp3) is 0.0938. The van der Waals surface area contributed by atoms with Crippen LogP contribution in [-0.2, 0) is 18.0 Å². The van der Waals surface area contributed by atoms with Crippen LogP contribution in [0.2, 0.25) is 5.02 Å². The molecule has 1 N–H and O–H groups in total.